The van der Waals surface area contributed by atoms with Crippen LogP contribution in [0.25, 0.3) is 0 Å². The number of amides is 1. The van der Waals surface area contributed by atoms with Crippen molar-refractivity contribution in [3.05, 3.63) is 0 Å². The highest BCUT2D eigenvalue weighted by molar-refractivity contribution is 5.79. The van der Waals surface area contributed by atoms with Gasteiger partial charge in [0.15, 0.2) is 0 Å². The van der Waals surface area contributed by atoms with Crippen molar-refractivity contribution < 1.29 is 9.53 Å². The second kappa shape index (κ2) is 5.32. The topological polar surface area (TPSA) is 55.6 Å². The second-order valence-electron chi connectivity index (χ2n) is 3.72. The highest BCUT2D eigenvalue weighted by atomic mass is 16.5. The molecule has 0 aliphatic carbocycles. The third-order valence-corrected chi connectivity index (χ3v) is 2.78. The molecule has 1 fully saturated rings. The van der Waals surface area contributed by atoms with Gasteiger partial charge in [-0.2, -0.15) is 0 Å². The number of nitrogens with zero attached hydrogens (tertiary/aromatic N) is 1. The van der Waals surface area contributed by atoms with Crippen molar-refractivity contribution in [3.8, 4) is 0 Å². The van der Waals surface area contributed by atoms with Crippen molar-refractivity contribution in [3.63, 3.8) is 0 Å². The molecule has 1 heterocycles. The molecule has 0 radical (unpaired) electrons. The lowest BCUT2D eigenvalue weighted by molar-refractivity contribution is -0.127. The maximum Gasteiger partial charge on any atom is 0.234 e. The quantitative estimate of drug-likeness (QED) is 0.713. The first-order valence-corrected chi connectivity index (χ1v) is 5.34. The number of nitrogens with two attached hydrogens (primary N) is 1. The third kappa shape index (κ3) is 2.69. The van der Waals surface area contributed by atoms with E-state index < -0.39 is 0 Å². The van der Waals surface area contributed by atoms with E-state index in [1.54, 1.807) is 0 Å². The van der Waals surface area contributed by atoms with Crippen LogP contribution in [0.1, 0.15) is 26.7 Å². The summed E-state index contributed by atoms with van der Waals surface area (Å²) in [7, 11) is 0. The minimum atomic E-state index is -0.218. The molecule has 1 saturated heterocycles. The summed E-state index contributed by atoms with van der Waals surface area (Å²) in [4.78, 5) is 13.3. The first kappa shape index (κ1) is 11.5. The Morgan fingerprint density at radius 1 is 1.64 bits per heavy atom. The molecule has 2 unspecified atom stereocenters. The highest BCUT2D eigenvalue weighted by Gasteiger charge is 2.27. The molecule has 0 bridgehead atoms. The van der Waals surface area contributed by atoms with Crippen LogP contribution in [-0.2, 0) is 9.53 Å². The molecule has 82 valence electrons. The van der Waals surface area contributed by atoms with Gasteiger partial charge in [-0.1, -0.05) is 13.8 Å². The van der Waals surface area contributed by atoms with Crippen LogP contribution in [0.15, 0.2) is 0 Å². The van der Waals surface area contributed by atoms with Crippen LogP contribution in [0.5, 0.6) is 0 Å². The largest absolute Gasteiger partial charge is 0.376 e. The molecule has 2 N–H and O–H groups in total. The van der Waals surface area contributed by atoms with Gasteiger partial charge in [0, 0.05) is 13.1 Å². The van der Waals surface area contributed by atoms with Gasteiger partial charge >= 0.3 is 0 Å². The molecule has 2 atom stereocenters. The maximum absolute atomic E-state index is 11.2. The molecule has 1 aliphatic rings. The van der Waals surface area contributed by atoms with Gasteiger partial charge in [-0.15, -0.1) is 0 Å². The van der Waals surface area contributed by atoms with E-state index in [9.17, 15) is 4.79 Å². The Hall–Kier alpha value is -0.610. The molecule has 1 amide bonds. The zero-order valence-electron chi connectivity index (χ0n) is 9.03. The number of hydrogen-bond donors (Lipinski definition) is 1. The molecule has 0 spiro atoms. The Morgan fingerprint density at radius 2 is 2.36 bits per heavy atom. The lowest BCUT2D eigenvalue weighted by Gasteiger charge is -2.36. The van der Waals surface area contributed by atoms with E-state index in [1.807, 2.05) is 6.92 Å². The molecular weight excluding hydrogens is 180 g/mol. The van der Waals surface area contributed by atoms with Crippen LogP contribution in [0.4, 0.5) is 0 Å². The minimum absolute atomic E-state index is 0.118. The number of carbonyl (C=O) groups excluding carboxylic acids is 1. The van der Waals surface area contributed by atoms with Crippen molar-refractivity contribution in [1.29, 1.82) is 0 Å². The molecule has 14 heavy (non-hydrogen) atoms. The molecule has 0 aromatic carbocycles. The number of morpholine rings is 1. The monoisotopic (exact) mass is 200 g/mol. The van der Waals surface area contributed by atoms with Gasteiger partial charge < -0.3 is 10.5 Å². The summed E-state index contributed by atoms with van der Waals surface area (Å²) in [5.74, 6) is -0.218. The summed E-state index contributed by atoms with van der Waals surface area (Å²) in [5, 5.41) is 0. The summed E-state index contributed by atoms with van der Waals surface area (Å²) in [6, 6.07) is -0.118. The Morgan fingerprint density at radius 3 is 2.86 bits per heavy atom. The average molecular weight is 200 g/mol. The van der Waals surface area contributed by atoms with E-state index >= 15 is 0 Å². The number of rotatable bonds is 4. The van der Waals surface area contributed by atoms with Gasteiger partial charge in [0.2, 0.25) is 5.91 Å². The van der Waals surface area contributed by atoms with Gasteiger partial charge in [0.1, 0.15) is 0 Å². The number of carbonyl (C=O) groups is 1. The number of ether oxygens (including phenoxy) is 1. The molecule has 1 aliphatic heterocycles. The van der Waals surface area contributed by atoms with Crippen molar-refractivity contribution in [1.82, 2.24) is 4.90 Å². The minimum Gasteiger partial charge on any atom is -0.376 e. The Kier molecular flexibility index (Phi) is 4.35. The van der Waals surface area contributed by atoms with E-state index in [0.29, 0.717) is 6.61 Å². The van der Waals surface area contributed by atoms with Gasteiger partial charge in [-0.05, 0) is 12.8 Å². The van der Waals surface area contributed by atoms with Crippen molar-refractivity contribution in [2.45, 2.75) is 38.8 Å². The lowest BCUT2D eigenvalue weighted by Crippen LogP contribution is -2.52. The van der Waals surface area contributed by atoms with Crippen LogP contribution in [-0.4, -0.2) is 42.6 Å². The van der Waals surface area contributed by atoms with Crippen LogP contribution in [0, 0.1) is 0 Å². The molecule has 0 aromatic rings. The van der Waals surface area contributed by atoms with Gasteiger partial charge in [-0.3, -0.25) is 9.69 Å². The molecule has 1 rings (SSSR count). The summed E-state index contributed by atoms with van der Waals surface area (Å²) in [6.07, 6.45) is 2.04. The molecule has 4 heteroatoms. The Bertz CT molecular complexity index is 197. The van der Waals surface area contributed by atoms with Crippen LogP contribution >= 0.6 is 0 Å². The SMILES string of the molecule is CCC1CN(C(CC)C(N)=O)CCO1. The first-order valence-electron chi connectivity index (χ1n) is 5.34. The van der Waals surface area contributed by atoms with Crippen LogP contribution < -0.4 is 5.73 Å². The average Bonchev–Trinajstić information content (AvgIpc) is 2.19. The number of primary amides is 1. The summed E-state index contributed by atoms with van der Waals surface area (Å²) < 4.78 is 5.54. The standard InChI is InChI=1S/C10H20N2O2/c1-3-8-7-12(5-6-14-8)9(4-2)10(11)13/h8-9H,3-7H2,1-2H3,(H2,11,13). The van der Waals surface area contributed by atoms with Crippen LogP contribution in [0.2, 0.25) is 0 Å². The van der Waals surface area contributed by atoms with Crippen molar-refractivity contribution >= 4 is 5.91 Å². The highest BCUT2D eigenvalue weighted by Crippen LogP contribution is 2.13. The Labute approximate surface area is 85.4 Å². The van der Waals surface area contributed by atoms with Crippen molar-refractivity contribution in [2.24, 2.45) is 5.73 Å². The summed E-state index contributed by atoms with van der Waals surface area (Å²) >= 11 is 0. The summed E-state index contributed by atoms with van der Waals surface area (Å²) in [5.41, 5.74) is 5.34. The smallest absolute Gasteiger partial charge is 0.234 e. The zero-order chi connectivity index (χ0) is 10.6. The van der Waals surface area contributed by atoms with E-state index in [1.165, 1.54) is 0 Å². The van der Waals surface area contributed by atoms with Gasteiger partial charge in [0.05, 0.1) is 18.8 Å². The maximum atomic E-state index is 11.2. The predicted molar refractivity (Wildman–Crippen MR) is 54.9 cm³/mol. The first-order chi connectivity index (χ1) is 6.69. The Balaban J connectivity index is 2.53. The zero-order valence-corrected chi connectivity index (χ0v) is 9.03. The van der Waals surface area contributed by atoms with Gasteiger partial charge in [-0.25, -0.2) is 0 Å². The lowest BCUT2D eigenvalue weighted by atomic mass is 10.1. The normalized spacial score (nSPS) is 26.0. The van der Waals surface area contributed by atoms with E-state index in [-0.39, 0.29) is 18.1 Å². The van der Waals surface area contributed by atoms with Crippen LogP contribution in [0.3, 0.4) is 0 Å². The predicted octanol–water partition coefficient (Wildman–Crippen LogP) is 0.361. The number of hydrogen-bond acceptors (Lipinski definition) is 3. The van der Waals surface area contributed by atoms with E-state index in [4.69, 9.17) is 10.5 Å². The summed E-state index contributed by atoms with van der Waals surface area (Å²) in [6.45, 7) is 6.45. The molecule has 0 aromatic heterocycles. The fraction of sp³-hybridized carbons (Fsp3) is 0.900. The van der Waals surface area contributed by atoms with Crippen molar-refractivity contribution in [2.75, 3.05) is 19.7 Å². The van der Waals surface area contributed by atoms with E-state index in [0.717, 1.165) is 25.9 Å². The third-order valence-electron chi connectivity index (χ3n) is 2.78. The fourth-order valence-electron chi connectivity index (χ4n) is 1.91. The van der Waals surface area contributed by atoms with E-state index in [2.05, 4.69) is 11.8 Å². The van der Waals surface area contributed by atoms with Gasteiger partial charge in [0.25, 0.3) is 0 Å². The molecular formula is C10H20N2O2. The second-order valence-corrected chi connectivity index (χ2v) is 3.72. The molecule has 4 nitrogen and oxygen atoms in total. The molecule has 0 saturated carbocycles. The fourth-order valence-corrected chi connectivity index (χ4v) is 1.91.